The van der Waals surface area contributed by atoms with Gasteiger partial charge in [-0.1, -0.05) is 12.1 Å². The average molecular weight is 339 g/mol. The van der Waals surface area contributed by atoms with E-state index in [2.05, 4.69) is 10.3 Å². The second kappa shape index (κ2) is 7.44. The second-order valence-electron chi connectivity index (χ2n) is 6.14. The Morgan fingerprint density at radius 3 is 2.36 bits per heavy atom. The van der Waals surface area contributed by atoms with Gasteiger partial charge in [-0.3, -0.25) is 9.59 Å². The molecule has 0 spiro atoms. The number of hydrogen-bond acceptors (Lipinski definition) is 4. The van der Waals surface area contributed by atoms with Gasteiger partial charge >= 0.3 is 0 Å². The van der Waals surface area contributed by atoms with Gasteiger partial charge in [0.15, 0.2) is 0 Å². The normalized spacial score (nSPS) is 14.2. The molecule has 1 aliphatic heterocycles. The number of aromatic nitrogens is 1. The van der Waals surface area contributed by atoms with Crippen LogP contribution in [0.1, 0.15) is 32.1 Å². The Bertz CT molecular complexity index is 778. The summed E-state index contributed by atoms with van der Waals surface area (Å²) in [5, 5.41) is 2.84. The Labute approximate surface area is 146 Å². The number of amides is 2. The van der Waals surface area contributed by atoms with Crippen LogP contribution in [0.5, 0.6) is 0 Å². The number of pyridine rings is 1. The third kappa shape index (κ3) is 4.22. The first-order valence-corrected chi connectivity index (χ1v) is 8.26. The maximum atomic E-state index is 12.5. The number of carbonyl (C=O) groups is 2. The van der Waals surface area contributed by atoms with Crippen LogP contribution in [0.2, 0.25) is 0 Å². The van der Waals surface area contributed by atoms with Crippen LogP contribution in [0.4, 0.5) is 5.69 Å². The zero-order valence-electron chi connectivity index (χ0n) is 14.4. The van der Waals surface area contributed by atoms with Gasteiger partial charge in [0.1, 0.15) is 11.4 Å². The van der Waals surface area contributed by atoms with Crippen LogP contribution in [0.25, 0.3) is 0 Å². The molecular formula is C19H21N3O3. The van der Waals surface area contributed by atoms with Gasteiger partial charge < -0.3 is 15.0 Å². The van der Waals surface area contributed by atoms with E-state index in [1.54, 1.807) is 23.1 Å². The second-order valence-corrected chi connectivity index (χ2v) is 6.14. The van der Waals surface area contributed by atoms with E-state index in [4.69, 9.17) is 4.74 Å². The number of ether oxygens (including phenoxy) is 1. The van der Waals surface area contributed by atoms with E-state index in [0.717, 1.165) is 11.1 Å². The van der Waals surface area contributed by atoms with Crippen molar-refractivity contribution in [3.63, 3.8) is 0 Å². The van der Waals surface area contributed by atoms with Gasteiger partial charge in [0.25, 0.3) is 11.8 Å². The quantitative estimate of drug-likeness (QED) is 0.932. The molecule has 6 heteroatoms. The van der Waals surface area contributed by atoms with E-state index in [0.29, 0.717) is 32.0 Å². The van der Waals surface area contributed by atoms with Crippen molar-refractivity contribution < 1.29 is 14.3 Å². The van der Waals surface area contributed by atoms with Crippen molar-refractivity contribution in [2.24, 2.45) is 0 Å². The molecule has 2 amide bonds. The molecule has 2 heterocycles. The number of aryl methyl sites for hydroxylation is 2. The van der Waals surface area contributed by atoms with Crippen LogP contribution in [0, 0.1) is 13.8 Å². The Morgan fingerprint density at radius 2 is 1.68 bits per heavy atom. The van der Waals surface area contributed by atoms with Gasteiger partial charge in [-0.2, -0.15) is 0 Å². The van der Waals surface area contributed by atoms with Crippen LogP contribution >= 0.6 is 0 Å². The van der Waals surface area contributed by atoms with Crippen LogP contribution in [0.3, 0.4) is 0 Å². The minimum Gasteiger partial charge on any atom is -0.378 e. The fourth-order valence-electron chi connectivity index (χ4n) is 2.85. The molecule has 1 N–H and O–H groups in total. The van der Waals surface area contributed by atoms with Gasteiger partial charge in [-0.25, -0.2) is 4.98 Å². The zero-order chi connectivity index (χ0) is 17.8. The summed E-state index contributed by atoms with van der Waals surface area (Å²) in [7, 11) is 0. The van der Waals surface area contributed by atoms with Gasteiger partial charge in [-0.15, -0.1) is 0 Å². The third-order valence-electron chi connectivity index (χ3n) is 3.98. The van der Waals surface area contributed by atoms with Crippen molar-refractivity contribution in [1.29, 1.82) is 0 Å². The number of nitrogens with one attached hydrogen (secondary N) is 1. The molecule has 0 radical (unpaired) electrons. The maximum Gasteiger partial charge on any atom is 0.274 e. The number of anilines is 1. The van der Waals surface area contributed by atoms with Gasteiger partial charge in [0.2, 0.25) is 0 Å². The van der Waals surface area contributed by atoms with E-state index in [1.807, 2.05) is 32.0 Å². The minimum atomic E-state index is -0.332. The van der Waals surface area contributed by atoms with Crippen molar-refractivity contribution in [1.82, 2.24) is 9.88 Å². The van der Waals surface area contributed by atoms with E-state index in [9.17, 15) is 9.59 Å². The van der Waals surface area contributed by atoms with E-state index < -0.39 is 0 Å². The number of hydrogen-bond donors (Lipinski definition) is 1. The Balaban J connectivity index is 1.76. The predicted octanol–water partition coefficient (Wildman–Crippen LogP) is 2.42. The first-order chi connectivity index (χ1) is 12.0. The standard InChI is InChI=1S/C19H21N3O3/c1-13-10-14(2)12-15(11-13)20-18(23)16-4-3-5-17(21-16)19(24)22-6-8-25-9-7-22/h3-5,10-12H,6-9H2,1-2H3,(H,20,23). The molecule has 3 rings (SSSR count). The van der Waals surface area contributed by atoms with Crippen molar-refractivity contribution in [3.05, 3.63) is 58.9 Å². The summed E-state index contributed by atoms with van der Waals surface area (Å²) in [5.74, 6) is -0.508. The first kappa shape index (κ1) is 17.1. The maximum absolute atomic E-state index is 12.5. The lowest BCUT2D eigenvalue weighted by Crippen LogP contribution is -2.41. The summed E-state index contributed by atoms with van der Waals surface area (Å²) in [6.07, 6.45) is 0. The van der Waals surface area contributed by atoms with Gasteiger partial charge in [-0.05, 0) is 49.2 Å². The lowest BCUT2D eigenvalue weighted by Gasteiger charge is -2.26. The summed E-state index contributed by atoms with van der Waals surface area (Å²) in [6, 6.07) is 10.7. The third-order valence-corrected chi connectivity index (χ3v) is 3.98. The van der Waals surface area contributed by atoms with Crippen LogP contribution in [-0.4, -0.2) is 48.0 Å². The highest BCUT2D eigenvalue weighted by Gasteiger charge is 2.20. The number of morpholine rings is 1. The lowest BCUT2D eigenvalue weighted by molar-refractivity contribution is 0.0299. The molecule has 130 valence electrons. The molecule has 2 aromatic rings. The summed E-state index contributed by atoms with van der Waals surface area (Å²) < 4.78 is 5.25. The van der Waals surface area contributed by atoms with Crippen LogP contribution in [-0.2, 0) is 4.74 Å². The Hall–Kier alpha value is -2.73. The minimum absolute atomic E-state index is 0.177. The fourth-order valence-corrected chi connectivity index (χ4v) is 2.85. The summed E-state index contributed by atoms with van der Waals surface area (Å²) in [6.45, 7) is 6.08. The average Bonchev–Trinajstić information content (AvgIpc) is 2.61. The molecule has 1 aromatic carbocycles. The van der Waals surface area contributed by atoms with Crippen molar-refractivity contribution in [2.45, 2.75) is 13.8 Å². The summed E-state index contributed by atoms with van der Waals surface area (Å²) in [5.41, 5.74) is 3.35. The van der Waals surface area contributed by atoms with Crippen LogP contribution in [0.15, 0.2) is 36.4 Å². The molecule has 1 aliphatic rings. The number of rotatable bonds is 3. The molecule has 25 heavy (non-hydrogen) atoms. The Kier molecular flexibility index (Phi) is 5.09. The van der Waals surface area contributed by atoms with E-state index in [1.165, 1.54) is 0 Å². The molecule has 0 saturated carbocycles. The molecular weight excluding hydrogens is 318 g/mol. The smallest absolute Gasteiger partial charge is 0.274 e. The largest absolute Gasteiger partial charge is 0.378 e. The summed E-state index contributed by atoms with van der Waals surface area (Å²) in [4.78, 5) is 30.9. The van der Waals surface area contributed by atoms with Crippen LogP contribution < -0.4 is 5.32 Å². The Morgan fingerprint density at radius 1 is 1.04 bits per heavy atom. The van der Waals surface area contributed by atoms with Gasteiger partial charge in [0.05, 0.1) is 13.2 Å². The molecule has 1 saturated heterocycles. The van der Waals surface area contributed by atoms with E-state index in [-0.39, 0.29) is 23.2 Å². The highest BCUT2D eigenvalue weighted by molar-refractivity contribution is 6.04. The monoisotopic (exact) mass is 339 g/mol. The number of carbonyl (C=O) groups excluding carboxylic acids is 2. The van der Waals surface area contributed by atoms with E-state index >= 15 is 0 Å². The topological polar surface area (TPSA) is 71.5 Å². The van der Waals surface area contributed by atoms with Crippen molar-refractivity contribution >= 4 is 17.5 Å². The molecule has 0 aliphatic carbocycles. The number of benzene rings is 1. The van der Waals surface area contributed by atoms with Gasteiger partial charge in [0, 0.05) is 18.8 Å². The van der Waals surface area contributed by atoms with Crippen molar-refractivity contribution in [2.75, 3.05) is 31.6 Å². The molecule has 1 fully saturated rings. The highest BCUT2D eigenvalue weighted by atomic mass is 16.5. The lowest BCUT2D eigenvalue weighted by atomic mass is 10.1. The number of nitrogens with zero attached hydrogens (tertiary/aromatic N) is 2. The molecule has 1 aromatic heterocycles. The summed E-state index contributed by atoms with van der Waals surface area (Å²) >= 11 is 0. The fraction of sp³-hybridized carbons (Fsp3) is 0.316. The zero-order valence-corrected chi connectivity index (χ0v) is 14.4. The molecule has 6 nitrogen and oxygen atoms in total. The predicted molar refractivity (Wildman–Crippen MR) is 94.8 cm³/mol. The molecule has 0 unspecified atom stereocenters. The SMILES string of the molecule is Cc1cc(C)cc(NC(=O)c2cccc(C(=O)N3CCOCC3)n2)c1. The molecule has 0 bridgehead atoms. The highest BCUT2D eigenvalue weighted by Crippen LogP contribution is 2.15. The first-order valence-electron chi connectivity index (χ1n) is 8.26. The molecule has 0 atom stereocenters. The van der Waals surface area contributed by atoms with Crippen molar-refractivity contribution in [3.8, 4) is 0 Å².